The summed E-state index contributed by atoms with van der Waals surface area (Å²) in [6.07, 6.45) is 1.62. The number of nitrogens with zero attached hydrogens (tertiary/aromatic N) is 2. The molecule has 2 N–H and O–H groups in total. The number of hydrogen-bond acceptors (Lipinski definition) is 6. The zero-order chi connectivity index (χ0) is 25.8. The van der Waals surface area contributed by atoms with Crippen LogP contribution in [0, 0.1) is 0 Å². The quantitative estimate of drug-likeness (QED) is 0.527. The van der Waals surface area contributed by atoms with Crippen molar-refractivity contribution in [3.8, 4) is 16.9 Å². The molecule has 36 heavy (non-hydrogen) atoms. The maximum Gasteiger partial charge on any atom is 0.249 e. The van der Waals surface area contributed by atoms with E-state index in [1.165, 1.54) is 13.2 Å². The van der Waals surface area contributed by atoms with Crippen molar-refractivity contribution in [2.24, 2.45) is 0 Å². The van der Waals surface area contributed by atoms with Gasteiger partial charge in [-0.15, -0.1) is 0 Å². The van der Waals surface area contributed by atoms with E-state index in [4.69, 9.17) is 0 Å². The Balaban J connectivity index is 1.53. The molecule has 0 aliphatic carbocycles. The van der Waals surface area contributed by atoms with Crippen molar-refractivity contribution in [2.75, 3.05) is 27.9 Å². The first-order valence-electron chi connectivity index (χ1n) is 11.7. The maximum atomic E-state index is 13.8. The standard InChI is InChI=1S/C27H27N3O5S/c1-16-15-29(27(33)24-13-20-12-21(32)7-10-23(20)28-24)26-14-19(6-11-25(26)30(16)17(2)31)18-4-8-22(9-5-18)36(3,34)35/h4-12,14,16,24,28,32H,13,15H2,1-3H3. The Morgan fingerprint density at radius 1 is 0.972 bits per heavy atom. The van der Waals surface area contributed by atoms with Crippen molar-refractivity contribution in [3.63, 3.8) is 0 Å². The minimum Gasteiger partial charge on any atom is -0.508 e. The third-order valence-corrected chi connectivity index (χ3v) is 7.90. The van der Waals surface area contributed by atoms with Gasteiger partial charge in [-0.3, -0.25) is 9.59 Å². The molecule has 2 aliphatic heterocycles. The second kappa shape index (κ2) is 8.67. The lowest BCUT2D eigenvalue weighted by Crippen LogP contribution is -2.54. The third kappa shape index (κ3) is 4.19. The fraction of sp³-hybridized carbons (Fsp3) is 0.259. The van der Waals surface area contributed by atoms with E-state index in [1.54, 1.807) is 52.3 Å². The molecule has 3 aromatic carbocycles. The van der Waals surface area contributed by atoms with Crippen molar-refractivity contribution in [3.05, 3.63) is 66.2 Å². The van der Waals surface area contributed by atoms with Gasteiger partial charge >= 0.3 is 0 Å². The van der Waals surface area contributed by atoms with Crippen LogP contribution < -0.4 is 15.1 Å². The molecule has 2 unspecified atom stereocenters. The summed E-state index contributed by atoms with van der Waals surface area (Å²) >= 11 is 0. The lowest BCUT2D eigenvalue weighted by Gasteiger charge is -2.41. The predicted molar refractivity (Wildman–Crippen MR) is 139 cm³/mol. The Morgan fingerprint density at radius 2 is 1.67 bits per heavy atom. The first-order chi connectivity index (χ1) is 17.0. The van der Waals surface area contributed by atoms with E-state index in [2.05, 4.69) is 5.32 Å². The van der Waals surface area contributed by atoms with Crippen molar-refractivity contribution >= 4 is 38.7 Å². The minimum absolute atomic E-state index is 0.108. The molecule has 2 atom stereocenters. The molecule has 0 saturated heterocycles. The molecule has 186 valence electrons. The molecule has 8 nitrogen and oxygen atoms in total. The summed E-state index contributed by atoms with van der Waals surface area (Å²) in [5.41, 5.74) is 4.58. The number of sulfone groups is 1. The van der Waals surface area contributed by atoms with Crippen LogP contribution >= 0.6 is 0 Å². The molecular formula is C27H27N3O5S. The van der Waals surface area contributed by atoms with E-state index in [1.807, 2.05) is 25.1 Å². The number of aromatic hydroxyl groups is 1. The Kier molecular flexibility index (Phi) is 5.75. The van der Waals surface area contributed by atoms with E-state index in [0.29, 0.717) is 24.3 Å². The highest BCUT2D eigenvalue weighted by atomic mass is 32.2. The van der Waals surface area contributed by atoms with Crippen LogP contribution in [0.3, 0.4) is 0 Å². The number of amides is 2. The Morgan fingerprint density at radius 3 is 2.33 bits per heavy atom. The van der Waals surface area contributed by atoms with E-state index in [-0.39, 0.29) is 28.5 Å². The van der Waals surface area contributed by atoms with E-state index < -0.39 is 15.9 Å². The zero-order valence-electron chi connectivity index (χ0n) is 20.2. The Labute approximate surface area is 210 Å². The fourth-order valence-corrected chi connectivity index (χ4v) is 5.70. The zero-order valence-corrected chi connectivity index (χ0v) is 21.0. The van der Waals surface area contributed by atoms with Crippen molar-refractivity contribution < 1.29 is 23.1 Å². The molecule has 0 saturated carbocycles. The highest BCUT2D eigenvalue weighted by Crippen LogP contribution is 2.40. The Bertz CT molecular complexity index is 1480. The maximum absolute atomic E-state index is 13.8. The van der Waals surface area contributed by atoms with Crippen LogP contribution in [0.25, 0.3) is 11.1 Å². The number of nitrogens with one attached hydrogen (secondary N) is 1. The molecule has 2 heterocycles. The van der Waals surface area contributed by atoms with Crippen LogP contribution in [0.15, 0.2) is 65.6 Å². The first kappa shape index (κ1) is 23.9. The average molecular weight is 506 g/mol. The minimum atomic E-state index is -3.31. The molecule has 0 fully saturated rings. The second-order valence-corrected chi connectivity index (χ2v) is 11.4. The number of phenolic OH excluding ortho intramolecular Hbond substituents is 1. The van der Waals surface area contributed by atoms with E-state index in [9.17, 15) is 23.1 Å². The molecular weight excluding hydrogens is 478 g/mol. The van der Waals surface area contributed by atoms with Crippen LogP contribution in [0.2, 0.25) is 0 Å². The summed E-state index contributed by atoms with van der Waals surface area (Å²) in [6.45, 7) is 3.76. The molecule has 0 bridgehead atoms. The van der Waals surface area contributed by atoms with Crippen LogP contribution in [-0.2, 0) is 25.8 Å². The SMILES string of the molecule is CC(=O)N1c2ccc(-c3ccc(S(C)(=O)=O)cc3)cc2N(C(=O)C2Cc3cc(O)ccc3N2)CC1C. The lowest BCUT2D eigenvalue weighted by molar-refractivity contribution is -0.120. The number of benzene rings is 3. The summed E-state index contributed by atoms with van der Waals surface area (Å²) in [7, 11) is -3.31. The number of rotatable bonds is 3. The number of carbonyl (C=O) groups is 2. The fourth-order valence-electron chi connectivity index (χ4n) is 5.07. The van der Waals surface area contributed by atoms with Gasteiger partial charge in [-0.2, -0.15) is 0 Å². The first-order valence-corrected chi connectivity index (χ1v) is 13.6. The van der Waals surface area contributed by atoms with E-state index >= 15 is 0 Å². The normalized spacial score (nSPS) is 18.9. The summed E-state index contributed by atoms with van der Waals surface area (Å²) in [5, 5.41) is 13.1. The summed E-state index contributed by atoms with van der Waals surface area (Å²) in [6, 6.07) is 16.5. The summed E-state index contributed by atoms with van der Waals surface area (Å²) in [5.74, 6) is -0.0706. The number of phenols is 1. The molecule has 0 radical (unpaired) electrons. The molecule has 2 aliphatic rings. The van der Waals surface area contributed by atoms with Gasteiger partial charge in [0.15, 0.2) is 9.84 Å². The molecule has 0 aromatic heterocycles. The van der Waals surface area contributed by atoms with Gasteiger partial charge in [0, 0.05) is 31.8 Å². The number of hydrogen-bond donors (Lipinski definition) is 2. The number of anilines is 3. The van der Waals surface area contributed by atoms with Gasteiger partial charge in [0.2, 0.25) is 11.8 Å². The summed E-state index contributed by atoms with van der Waals surface area (Å²) < 4.78 is 23.7. The van der Waals surface area contributed by atoms with Crippen LogP contribution in [-0.4, -0.2) is 50.2 Å². The Hall–Kier alpha value is -3.85. The largest absolute Gasteiger partial charge is 0.508 e. The number of carbonyl (C=O) groups excluding carboxylic acids is 2. The van der Waals surface area contributed by atoms with Crippen molar-refractivity contribution in [2.45, 2.75) is 37.2 Å². The van der Waals surface area contributed by atoms with Gasteiger partial charge in [0.1, 0.15) is 11.8 Å². The van der Waals surface area contributed by atoms with Gasteiger partial charge in [0.25, 0.3) is 0 Å². The molecule has 2 amide bonds. The highest BCUT2D eigenvalue weighted by Gasteiger charge is 2.38. The van der Waals surface area contributed by atoms with Crippen molar-refractivity contribution in [1.29, 1.82) is 0 Å². The van der Waals surface area contributed by atoms with Gasteiger partial charge in [-0.25, -0.2) is 8.42 Å². The average Bonchev–Trinajstić information content (AvgIpc) is 3.25. The second-order valence-electron chi connectivity index (χ2n) is 9.43. The monoisotopic (exact) mass is 505 g/mol. The topological polar surface area (TPSA) is 107 Å². The van der Waals surface area contributed by atoms with Gasteiger partial charge in [0.05, 0.1) is 22.3 Å². The molecule has 5 rings (SSSR count). The lowest BCUT2D eigenvalue weighted by atomic mass is 9.99. The highest BCUT2D eigenvalue weighted by molar-refractivity contribution is 7.90. The smallest absolute Gasteiger partial charge is 0.249 e. The van der Waals surface area contributed by atoms with Gasteiger partial charge in [-0.1, -0.05) is 18.2 Å². The predicted octanol–water partition coefficient (Wildman–Crippen LogP) is 3.59. The number of fused-ring (bicyclic) bond motifs is 2. The van der Waals surface area contributed by atoms with Crippen molar-refractivity contribution in [1.82, 2.24) is 0 Å². The summed E-state index contributed by atoms with van der Waals surface area (Å²) in [4.78, 5) is 29.9. The molecule has 9 heteroatoms. The van der Waals surface area contributed by atoms with E-state index in [0.717, 1.165) is 22.4 Å². The van der Waals surface area contributed by atoms with Crippen LogP contribution in [0.5, 0.6) is 5.75 Å². The molecule has 3 aromatic rings. The van der Waals surface area contributed by atoms with Gasteiger partial charge < -0.3 is 20.2 Å². The van der Waals surface area contributed by atoms with Crippen LogP contribution in [0.4, 0.5) is 17.1 Å². The molecule has 0 spiro atoms. The van der Waals surface area contributed by atoms with Crippen LogP contribution in [0.1, 0.15) is 19.4 Å². The third-order valence-electron chi connectivity index (χ3n) is 6.78. The van der Waals surface area contributed by atoms with Gasteiger partial charge in [-0.05, 0) is 66.1 Å².